The molecule has 2 unspecified atom stereocenters. The van der Waals surface area contributed by atoms with E-state index in [1.165, 1.54) is 18.2 Å². The molecule has 18 heavy (non-hydrogen) atoms. The van der Waals surface area contributed by atoms with Crippen molar-refractivity contribution in [3.05, 3.63) is 35.4 Å². The number of rotatable bonds is 3. The van der Waals surface area contributed by atoms with E-state index in [-0.39, 0.29) is 11.2 Å². The van der Waals surface area contributed by atoms with E-state index in [1.54, 1.807) is 0 Å². The Hall–Kier alpha value is -1.00. The molecular weight excluding hydrogens is 236 g/mol. The molecule has 1 aliphatic heterocycles. The lowest BCUT2D eigenvalue weighted by Crippen LogP contribution is -2.49. The van der Waals surface area contributed by atoms with Crippen LogP contribution in [-0.2, 0) is 4.74 Å². The largest absolute Gasteiger partial charge is 0.364 e. The Morgan fingerprint density at radius 1 is 1.39 bits per heavy atom. The van der Waals surface area contributed by atoms with Crippen molar-refractivity contribution in [2.45, 2.75) is 38.4 Å². The second-order valence-electron chi connectivity index (χ2n) is 5.07. The van der Waals surface area contributed by atoms with Crippen LogP contribution in [0.2, 0.25) is 0 Å². The van der Waals surface area contributed by atoms with Gasteiger partial charge in [-0.1, -0.05) is 19.4 Å². The summed E-state index contributed by atoms with van der Waals surface area (Å²) < 4.78 is 33.4. The van der Waals surface area contributed by atoms with Crippen LogP contribution in [0.4, 0.5) is 8.78 Å². The van der Waals surface area contributed by atoms with Gasteiger partial charge in [0.15, 0.2) is 0 Å². The Morgan fingerprint density at radius 3 is 2.67 bits per heavy atom. The van der Waals surface area contributed by atoms with E-state index in [2.05, 4.69) is 12.2 Å². The first kappa shape index (κ1) is 13.4. The fourth-order valence-corrected chi connectivity index (χ4v) is 2.55. The lowest BCUT2D eigenvalue weighted by molar-refractivity contribution is -0.114. The average molecular weight is 255 g/mol. The van der Waals surface area contributed by atoms with E-state index in [0.29, 0.717) is 13.1 Å². The minimum Gasteiger partial charge on any atom is -0.364 e. The van der Waals surface area contributed by atoms with E-state index in [0.717, 1.165) is 12.8 Å². The van der Waals surface area contributed by atoms with Gasteiger partial charge >= 0.3 is 0 Å². The zero-order valence-corrected chi connectivity index (χ0v) is 10.8. The first-order valence-corrected chi connectivity index (χ1v) is 6.38. The maximum Gasteiger partial charge on any atom is 0.132 e. The number of hydrogen-bond donors (Lipinski definition) is 1. The fraction of sp³-hybridized carbons (Fsp3) is 0.571. The maximum absolute atomic E-state index is 13.7. The van der Waals surface area contributed by atoms with Crippen molar-refractivity contribution in [1.82, 2.24) is 5.32 Å². The quantitative estimate of drug-likeness (QED) is 0.895. The van der Waals surface area contributed by atoms with E-state index in [9.17, 15) is 8.78 Å². The highest BCUT2D eigenvalue weighted by molar-refractivity contribution is 5.23. The summed E-state index contributed by atoms with van der Waals surface area (Å²) in [4.78, 5) is 0. The number of hydrogen-bond acceptors (Lipinski definition) is 2. The third-order valence-corrected chi connectivity index (χ3v) is 3.36. The second kappa shape index (κ2) is 5.33. The van der Waals surface area contributed by atoms with Gasteiger partial charge in [-0.3, -0.25) is 0 Å². The molecule has 1 aromatic rings. The summed E-state index contributed by atoms with van der Waals surface area (Å²) in [5.41, 5.74) is -0.320. The predicted molar refractivity (Wildman–Crippen MR) is 66.4 cm³/mol. The van der Waals surface area contributed by atoms with Gasteiger partial charge in [0.05, 0.1) is 11.2 Å². The summed E-state index contributed by atoms with van der Waals surface area (Å²) in [6.07, 6.45) is 1.29. The molecule has 0 saturated carbocycles. The van der Waals surface area contributed by atoms with Gasteiger partial charge in [-0.25, -0.2) is 8.78 Å². The van der Waals surface area contributed by atoms with Crippen LogP contribution < -0.4 is 5.32 Å². The van der Waals surface area contributed by atoms with Crippen LogP contribution in [0.5, 0.6) is 0 Å². The highest BCUT2D eigenvalue weighted by atomic mass is 19.1. The molecule has 1 saturated heterocycles. The lowest BCUT2D eigenvalue weighted by atomic mass is 9.96. The summed E-state index contributed by atoms with van der Waals surface area (Å²) in [6, 6.07) is 3.91. The fourth-order valence-electron chi connectivity index (χ4n) is 2.55. The molecule has 2 atom stereocenters. The van der Waals surface area contributed by atoms with Gasteiger partial charge in [-0.15, -0.1) is 0 Å². The molecule has 0 aromatic heterocycles. The Morgan fingerprint density at radius 2 is 2.06 bits per heavy atom. The monoisotopic (exact) mass is 255 g/mol. The minimum atomic E-state index is -0.559. The molecule has 1 heterocycles. The van der Waals surface area contributed by atoms with Crippen LogP contribution in [0.25, 0.3) is 0 Å². The van der Waals surface area contributed by atoms with Crippen molar-refractivity contribution in [2.75, 3.05) is 13.1 Å². The molecule has 4 heteroatoms. The summed E-state index contributed by atoms with van der Waals surface area (Å²) in [5.74, 6) is -1.08. The highest BCUT2D eigenvalue weighted by Crippen LogP contribution is 2.32. The summed E-state index contributed by atoms with van der Waals surface area (Å²) in [5, 5.41) is 3.20. The minimum absolute atomic E-state index is 0.0343. The molecule has 1 aliphatic rings. The van der Waals surface area contributed by atoms with Crippen LogP contribution in [0, 0.1) is 11.6 Å². The molecule has 2 nitrogen and oxygen atoms in total. The number of halogens is 2. The van der Waals surface area contributed by atoms with Crippen LogP contribution in [-0.4, -0.2) is 18.7 Å². The molecular formula is C14H19F2NO. The van der Waals surface area contributed by atoms with Crippen molar-refractivity contribution in [3.8, 4) is 0 Å². The van der Waals surface area contributed by atoms with E-state index in [1.807, 2.05) is 6.92 Å². The lowest BCUT2D eigenvalue weighted by Gasteiger charge is -2.39. The van der Waals surface area contributed by atoms with Gasteiger partial charge < -0.3 is 10.1 Å². The number of benzene rings is 1. The van der Waals surface area contributed by atoms with Gasteiger partial charge in [0.2, 0.25) is 0 Å². The van der Waals surface area contributed by atoms with Crippen molar-refractivity contribution >= 4 is 0 Å². The number of ether oxygens (including phenoxy) is 1. The molecule has 0 aliphatic carbocycles. The Labute approximate surface area is 106 Å². The average Bonchev–Trinajstić information content (AvgIpc) is 2.28. The third kappa shape index (κ3) is 2.70. The number of nitrogens with one attached hydrogen (secondary N) is 1. The molecule has 100 valence electrons. The SMILES string of the molecule is CCCC1(C)CNCC(c2c(F)cccc2F)O1. The van der Waals surface area contributed by atoms with E-state index < -0.39 is 17.7 Å². The van der Waals surface area contributed by atoms with Gasteiger partial charge in [0, 0.05) is 13.1 Å². The Kier molecular flexibility index (Phi) is 3.97. The Bertz CT molecular complexity index is 400. The summed E-state index contributed by atoms with van der Waals surface area (Å²) >= 11 is 0. The molecule has 0 amide bonds. The normalized spacial score (nSPS) is 28.3. The van der Waals surface area contributed by atoms with Crippen LogP contribution in [0.1, 0.15) is 38.4 Å². The second-order valence-corrected chi connectivity index (χ2v) is 5.07. The van der Waals surface area contributed by atoms with Gasteiger partial charge in [0.25, 0.3) is 0 Å². The highest BCUT2D eigenvalue weighted by Gasteiger charge is 2.34. The topological polar surface area (TPSA) is 21.3 Å². The third-order valence-electron chi connectivity index (χ3n) is 3.36. The van der Waals surface area contributed by atoms with Crippen molar-refractivity contribution in [3.63, 3.8) is 0 Å². The smallest absolute Gasteiger partial charge is 0.132 e. The maximum atomic E-state index is 13.7. The zero-order chi connectivity index (χ0) is 13.2. The first-order chi connectivity index (χ1) is 8.56. The molecule has 2 rings (SSSR count). The predicted octanol–water partition coefficient (Wildman–Crippen LogP) is 3.18. The molecule has 0 bridgehead atoms. The molecule has 0 spiro atoms. The molecule has 1 aromatic carbocycles. The van der Waals surface area contributed by atoms with Crippen LogP contribution in [0.3, 0.4) is 0 Å². The van der Waals surface area contributed by atoms with Crippen molar-refractivity contribution in [1.29, 1.82) is 0 Å². The molecule has 1 N–H and O–H groups in total. The zero-order valence-electron chi connectivity index (χ0n) is 10.8. The van der Waals surface area contributed by atoms with E-state index in [4.69, 9.17) is 4.74 Å². The molecule has 0 radical (unpaired) electrons. The van der Waals surface area contributed by atoms with E-state index >= 15 is 0 Å². The van der Waals surface area contributed by atoms with Crippen LogP contribution >= 0.6 is 0 Å². The van der Waals surface area contributed by atoms with Gasteiger partial charge in [0.1, 0.15) is 17.7 Å². The standard InChI is InChI=1S/C14H19F2NO/c1-3-7-14(2)9-17-8-12(18-14)13-10(15)5-4-6-11(13)16/h4-6,12,17H,3,7-9H2,1-2H3. The molecule has 1 fully saturated rings. The first-order valence-electron chi connectivity index (χ1n) is 6.38. The van der Waals surface area contributed by atoms with Gasteiger partial charge in [-0.2, -0.15) is 0 Å². The summed E-state index contributed by atoms with van der Waals surface area (Å²) in [7, 11) is 0. The summed E-state index contributed by atoms with van der Waals surface area (Å²) in [6.45, 7) is 5.21. The Balaban J connectivity index is 2.23. The van der Waals surface area contributed by atoms with Crippen LogP contribution in [0.15, 0.2) is 18.2 Å². The number of morpholine rings is 1. The van der Waals surface area contributed by atoms with Gasteiger partial charge in [-0.05, 0) is 25.5 Å². The van der Waals surface area contributed by atoms with Crippen molar-refractivity contribution < 1.29 is 13.5 Å². The van der Waals surface area contributed by atoms with Crippen molar-refractivity contribution in [2.24, 2.45) is 0 Å².